The zero-order chi connectivity index (χ0) is 24.7. The highest BCUT2D eigenvalue weighted by Gasteiger charge is 2.31. The Morgan fingerprint density at radius 3 is 2.68 bits per heavy atom. The number of ketones is 1. The molecule has 0 radical (unpaired) electrons. The van der Waals surface area contributed by atoms with Crippen molar-refractivity contribution in [1.82, 2.24) is 15.7 Å². The fourth-order valence-corrected chi connectivity index (χ4v) is 2.93. The second-order valence-electron chi connectivity index (χ2n) is 8.09. The predicted molar refractivity (Wildman–Crippen MR) is 125 cm³/mol. The van der Waals surface area contributed by atoms with E-state index in [2.05, 4.69) is 21.2 Å². The number of aromatic nitrogens is 1. The molecule has 0 spiro atoms. The van der Waals surface area contributed by atoms with Crippen LogP contribution in [0.4, 0.5) is 10.1 Å². The lowest BCUT2D eigenvalue weighted by atomic mass is 10.1. The number of aliphatic hydroxyl groups is 1. The molecule has 1 aliphatic carbocycles. The molecule has 0 bridgehead atoms. The fraction of sp³-hybridized carbons (Fsp3) is 0.333. The summed E-state index contributed by atoms with van der Waals surface area (Å²) < 4.78 is 19.9. The van der Waals surface area contributed by atoms with Crippen LogP contribution in [0, 0.1) is 17.1 Å². The van der Waals surface area contributed by atoms with Crippen molar-refractivity contribution in [2.24, 2.45) is 5.92 Å². The molecule has 1 aliphatic rings. The van der Waals surface area contributed by atoms with Crippen LogP contribution in [0.1, 0.15) is 47.5 Å². The van der Waals surface area contributed by atoms with Gasteiger partial charge in [0.25, 0.3) is 5.91 Å². The molecule has 34 heavy (non-hydrogen) atoms. The molecule has 3 rings (SSSR count). The van der Waals surface area contributed by atoms with Crippen molar-refractivity contribution in [2.45, 2.75) is 38.8 Å². The van der Waals surface area contributed by atoms with Gasteiger partial charge >= 0.3 is 0 Å². The van der Waals surface area contributed by atoms with Gasteiger partial charge in [-0.05, 0) is 63.1 Å². The monoisotopic (exact) mass is 469 g/mol. The van der Waals surface area contributed by atoms with E-state index >= 15 is 0 Å². The van der Waals surface area contributed by atoms with Crippen molar-refractivity contribution < 1.29 is 23.8 Å². The molecular formula is C24H28FN5O4. The maximum absolute atomic E-state index is 14.2. The molecule has 2 atom stereocenters. The number of carbonyl (C=O) groups is 2. The molecular weight excluding hydrogens is 441 g/mol. The predicted octanol–water partition coefficient (Wildman–Crippen LogP) is 2.84. The maximum atomic E-state index is 14.2. The second kappa shape index (κ2) is 11.4. The Balaban J connectivity index is 1.45. The quantitative estimate of drug-likeness (QED) is 0.183. The maximum Gasteiger partial charge on any atom is 0.254 e. The van der Waals surface area contributed by atoms with Crippen molar-refractivity contribution >= 4 is 23.1 Å². The number of aliphatic hydroxyl groups excluding tert-OH is 1. The number of carbonyl (C=O) groups excluding carboxylic acids is 2. The molecule has 1 aromatic heterocycles. The van der Waals surface area contributed by atoms with Crippen LogP contribution in [0.5, 0.6) is 5.75 Å². The highest BCUT2D eigenvalue weighted by atomic mass is 19.1. The van der Waals surface area contributed by atoms with Crippen LogP contribution in [0.25, 0.3) is 0 Å². The average Bonchev–Trinajstić information content (AvgIpc) is 3.67. The van der Waals surface area contributed by atoms with Gasteiger partial charge < -0.3 is 31.4 Å². The third-order valence-electron chi connectivity index (χ3n) is 5.12. The van der Waals surface area contributed by atoms with Crippen molar-refractivity contribution in [3.63, 3.8) is 0 Å². The minimum Gasteiger partial charge on any atom is -0.483 e. The lowest BCUT2D eigenvalue weighted by Gasteiger charge is -2.14. The lowest BCUT2D eigenvalue weighted by Crippen LogP contribution is -2.35. The standard InChI is InChI=1S/C24H28FN5O4/c1-14(13-31)29-24(33)19-7-5-17(11-20(19)25)30-28-10-9-21(26)15(2)34-18-6-8-22(27-12-18)23(32)16-3-4-16/h5-12,14-16,26,28,30-31H,3-4,13H2,1-2H3,(H,29,33)/b10-9+,26-21?/t14-,15-/m1/s1. The highest BCUT2D eigenvalue weighted by molar-refractivity contribution is 5.98. The van der Waals surface area contributed by atoms with E-state index < -0.39 is 23.9 Å². The van der Waals surface area contributed by atoms with E-state index in [0.717, 1.165) is 18.9 Å². The van der Waals surface area contributed by atoms with Gasteiger partial charge in [-0.3, -0.25) is 9.59 Å². The molecule has 9 nitrogen and oxygen atoms in total. The number of nitrogens with zero attached hydrogens (tertiary/aromatic N) is 1. The van der Waals surface area contributed by atoms with Crippen molar-refractivity contribution in [1.29, 1.82) is 5.41 Å². The number of anilines is 1. The normalized spacial score (nSPS) is 14.8. The summed E-state index contributed by atoms with van der Waals surface area (Å²) in [6.45, 7) is 3.07. The van der Waals surface area contributed by atoms with Gasteiger partial charge in [-0.25, -0.2) is 9.37 Å². The molecule has 1 fully saturated rings. The number of nitrogens with one attached hydrogen (secondary N) is 4. The first kappa shape index (κ1) is 24.8. The largest absolute Gasteiger partial charge is 0.483 e. The number of amides is 1. The Morgan fingerprint density at radius 2 is 2.06 bits per heavy atom. The molecule has 0 aliphatic heterocycles. The summed E-state index contributed by atoms with van der Waals surface area (Å²) in [5, 5.41) is 19.6. The molecule has 5 N–H and O–H groups in total. The van der Waals surface area contributed by atoms with Crippen molar-refractivity contribution in [3.8, 4) is 5.75 Å². The summed E-state index contributed by atoms with van der Waals surface area (Å²) in [6.07, 6.45) is 5.69. The summed E-state index contributed by atoms with van der Waals surface area (Å²) in [6, 6.07) is 6.82. The Hall–Kier alpha value is -3.79. The van der Waals surface area contributed by atoms with E-state index in [4.69, 9.17) is 15.3 Å². The highest BCUT2D eigenvalue weighted by Crippen LogP contribution is 2.32. The van der Waals surface area contributed by atoms with E-state index in [1.165, 1.54) is 30.6 Å². The van der Waals surface area contributed by atoms with Crippen molar-refractivity contribution in [3.05, 3.63) is 65.9 Å². The summed E-state index contributed by atoms with van der Waals surface area (Å²) in [5.41, 5.74) is 6.32. The first-order valence-electron chi connectivity index (χ1n) is 10.9. The van der Waals surface area contributed by atoms with E-state index in [1.54, 1.807) is 26.0 Å². The third kappa shape index (κ3) is 6.85. The van der Waals surface area contributed by atoms with E-state index in [-0.39, 0.29) is 29.6 Å². The Kier molecular flexibility index (Phi) is 8.31. The van der Waals surface area contributed by atoms with Gasteiger partial charge in [-0.15, -0.1) is 0 Å². The van der Waals surface area contributed by atoms with E-state index in [1.807, 2.05) is 0 Å². The van der Waals surface area contributed by atoms with Crippen LogP contribution >= 0.6 is 0 Å². The molecule has 1 heterocycles. The topological polar surface area (TPSA) is 136 Å². The number of hydrogen-bond donors (Lipinski definition) is 5. The molecule has 2 aromatic rings. The smallest absolute Gasteiger partial charge is 0.254 e. The van der Waals surface area contributed by atoms with Gasteiger partial charge in [0.2, 0.25) is 0 Å². The van der Waals surface area contributed by atoms with Gasteiger partial charge in [0, 0.05) is 18.2 Å². The third-order valence-corrected chi connectivity index (χ3v) is 5.12. The minimum absolute atomic E-state index is 0.0583. The van der Waals surface area contributed by atoms with Gasteiger partial charge in [0.05, 0.1) is 29.8 Å². The molecule has 0 saturated heterocycles. The van der Waals surface area contributed by atoms with Crippen LogP contribution in [0.2, 0.25) is 0 Å². The molecule has 0 unspecified atom stereocenters. The number of hydrazine groups is 1. The summed E-state index contributed by atoms with van der Waals surface area (Å²) in [5.74, 6) is -0.709. The summed E-state index contributed by atoms with van der Waals surface area (Å²) in [7, 11) is 0. The van der Waals surface area contributed by atoms with Crippen LogP contribution < -0.4 is 20.9 Å². The SMILES string of the molecule is C[C@H](CO)NC(=O)c1ccc(NN/C=C/C(=N)[C@@H](C)Oc2ccc(C(=O)C3CC3)nc2)cc1F. The average molecular weight is 470 g/mol. The Bertz CT molecular complexity index is 1070. The van der Waals surface area contributed by atoms with Crippen molar-refractivity contribution in [2.75, 3.05) is 12.0 Å². The fourth-order valence-electron chi connectivity index (χ4n) is 2.93. The minimum atomic E-state index is -0.716. The Morgan fingerprint density at radius 1 is 1.29 bits per heavy atom. The summed E-state index contributed by atoms with van der Waals surface area (Å²) >= 11 is 0. The van der Waals surface area contributed by atoms with E-state index in [9.17, 15) is 14.0 Å². The number of rotatable bonds is 12. The number of pyridine rings is 1. The second-order valence-corrected chi connectivity index (χ2v) is 8.09. The number of halogens is 1. The van der Waals surface area contributed by atoms with Gasteiger partial charge in [-0.2, -0.15) is 0 Å². The number of hydrogen-bond acceptors (Lipinski definition) is 8. The molecule has 1 amide bonds. The van der Waals surface area contributed by atoms with Crippen LogP contribution in [-0.4, -0.2) is 46.2 Å². The zero-order valence-corrected chi connectivity index (χ0v) is 19.0. The molecule has 10 heteroatoms. The first-order valence-corrected chi connectivity index (χ1v) is 10.9. The molecule has 1 saturated carbocycles. The van der Waals surface area contributed by atoms with Crippen LogP contribution in [0.3, 0.4) is 0 Å². The van der Waals surface area contributed by atoms with Crippen LogP contribution in [-0.2, 0) is 0 Å². The van der Waals surface area contributed by atoms with E-state index in [0.29, 0.717) is 17.1 Å². The zero-order valence-electron chi connectivity index (χ0n) is 19.0. The summed E-state index contributed by atoms with van der Waals surface area (Å²) in [4.78, 5) is 28.1. The molecule has 1 aromatic carbocycles. The van der Waals surface area contributed by atoms with Gasteiger partial charge in [0.15, 0.2) is 5.78 Å². The molecule has 180 valence electrons. The first-order chi connectivity index (χ1) is 16.3. The van der Waals surface area contributed by atoms with Gasteiger partial charge in [0.1, 0.15) is 23.4 Å². The lowest BCUT2D eigenvalue weighted by molar-refractivity contribution is 0.0917. The number of ether oxygens (including phenoxy) is 1. The van der Waals surface area contributed by atoms with Crippen LogP contribution in [0.15, 0.2) is 48.8 Å². The number of benzene rings is 1. The number of Topliss-reactive ketones (excluding diaryl/α,β-unsaturated/α-hetero) is 1. The van der Waals surface area contributed by atoms with Gasteiger partial charge in [-0.1, -0.05) is 0 Å². The Labute approximate surface area is 196 Å².